The van der Waals surface area contributed by atoms with Crippen molar-refractivity contribution < 1.29 is 28.6 Å². The molecule has 0 saturated carbocycles. The molecular weight excluding hydrogens is 357 g/mol. The van der Waals surface area contributed by atoms with Gasteiger partial charge in [-0.05, 0) is 43.3 Å². The fourth-order valence-electron chi connectivity index (χ4n) is 2.44. The van der Waals surface area contributed by atoms with Gasteiger partial charge in [0.2, 0.25) is 11.2 Å². The number of halogens is 1. The quantitative estimate of drug-likeness (QED) is 0.609. The Hall–Kier alpha value is -3.39. The van der Waals surface area contributed by atoms with Crippen molar-refractivity contribution in [2.75, 3.05) is 0 Å². The topological polar surface area (TPSA) is 109 Å². The van der Waals surface area contributed by atoms with Gasteiger partial charge in [-0.3, -0.25) is 9.59 Å². The van der Waals surface area contributed by atoms with Crippen molar-refractivity contribution in [1.29, 1.82) is 0 Å². The van der Waals surface area contributed by atoms with Gasteiger partial charge in [-0.2, -0.15) is 0 Å². The van der Waals surface area contributed by atoms with Crippen LogP contribution in [0.3, 0.4) is 0 Å². The predicted octanol–water partition coefficient (Wildman–Crippen LogP) is 2.99. The van der Waals surface area contributed by atoms with Crippen LogP contribution in [-0.4, -0.2) is 22.2 Å². The number of nitrogens with one attached hydrogen (secondary N) is 1. The first kappa shape index (κ1) is 18.4. The number of carboxylic acid groups (broad SMARTS) is 1. The second kappa shape index (κ2) is 7.46. The van der Waals surface area contributed by atoms with Gasteiger partial charge in [-0.25, -0.2) is 4.39 Å². The van der Waals surface area contributed by atoms with Crippen LogP contribution < -0.4 is 15.5 Å². The third kappa shape index (κ3) is 3.90. The molecule has 0 aliphatic rings. The highest BCUT2D eigenvalue weighted by Gasteiger charge is 2.17. The monoisotopic (exact) mass is 373 g/mol. The number of carbonyl (C=O) groups is 1. The zero-order chi connectivity index (χ0) is 19.6. The fourth-order valence-corrected chi connectivity index (χ4v) is 2.44. The molecule has 0 amide bonds. The highest BCUT2D eigenvalue weighted by molar-refractivity contribution is 5.83. The maximum Gasteiger partial charge on any atom is 0.320 e. The third-order valence-corrected chi connectivity index (χ3v) is 3.98. The minimum Gasteiger partial charge on any atom is -0.507 e. The lowest BCUT2D eigenvalue weighted by Gasteiger charge is -2.12. The van der Waals surface area contributed by atoms with Crippen molar-refractivity contribution in [2.24, 2.45) is 0 Å². The molecule has 0 saturated heterocycles. The first-order valence-corrected chi connectivity index (χ1v) is 8.03. The molecule has 8 heteroatoms. The fraction of sp³-hybridized carbons (Fsp3) is 0.158. The molecule has 1 atom stereocenters. The molecule has 0 fully saturated rings. The van der Waals surface area contributed by atoms with E-state index in [1.807, 2.05) is 0 Å². The summed E-state index contributed by atoms with van der Waals surface area (Å²) >= 11 is 0. The summed E-state index contributed by atoms with van der Waals surface area (Å²) in [5.74, 6) is -1.46. The lowest BCUT2D eigenvalue weighted by molar-refractivity contribution is -0.139. The van der Waals surface area contributed by atoms with Crippen molar-refractivity contribution in [1.82, 2.24) is 5.32 Å². The van der Waals surface area contributed by atoms with Gasteiger partial charge in [-0.1, -0.05) is 0 Å². The van der Waals surface area contributed by atoms with E-state index in [0.717, 1.165) is 6.26 Å². The van der Waals surface area contributed by atoms with Crippen molar-refractivity contribution in [3.8, 4) is 17.2 Å². The van der Waals surface area contributed by atoms with E-state index in [9.17, 15) is 19.1 Å². The van der Waals surface area contributed by atoms with Crippen LogP contribution in [0.2, 0.25) is 0 Å². The molecule has 0 aliphatic carbocycles. The molecular formula is C19H16FNO6. The lowest BCUT2D eigenvalue weighted by atomic mass is 10.1. The van der Waals surface area contributed by atoms with Gasteiger partial charge < -0.3 is 24.7 Å². The highest BCUT2D eigenvalue weighted by atomic mass is 19.1. The minimum absolute atomic E-state index is 0.0161. The van der Waals surface area contributed by atoms with E-state index in [0.29, 0.717) is 0 Å². The average Bonchev–Trinajstić information content (AvgIpc) is 2.64. The summed E-state index contributed by atoms with van der Waals surface area (Å²) < 4.78 is 23.9. The molecule has 0 bridgehead atoms. The Morgan fingerprint density at radius 3 is 2.63 bits per heavy atom. The predicted molar refractivity (Wildman–Crippen MR) is 94.6 cm³/mol. The molecule has 1 heterocycles. The van der Waals surface area contributed by atoms with Crippen LogP contribution in [0.5, 0.6) is 17.2 Å². The number of hydrogen-bond acceptors (Lipinski definition) is 6. The molecule has 0 spiro atoms. The van der Waals surface area contributed by atoms with Gasteiger partial charge in [-0.15, -0.1) is 0 Å². The number of aromatic hydroxyl groups is 1. The van der Waals surface area contributed by atoms with Gasteiger partial charge in [0.25, 0.3) is 0 Å². The van der Waals surface area contributed by atoms with Crippen LogP contribution in [0.1, 0.15) is 12.5 Å². The summed E-state index contributed by atoms with van der Waals surface area (Å²) in [7, 11) is 0. The second-order valence-corrected chi connectivity index (χ2v) is 5.87. The molecule has 140 valence electrons. The van der Waals surface area contributed by atoms with Gasteiger partial charge in [0.15, 0.2) is 0 Å². The van der Waals surface area contributed by atoms with E-state index in [-0.39, 0.29) is 40.3 Å². The Morgan fingerprint density at radius 1 is 1.26 bits per heavy atom. The van der Waals surface area contributed by atoms with Gasteiger partial charge >= 0.3 is 5.97 Å². The summed E-state index contributed by atoms with van der Waals surface area (Å²) in [6.45, 7) is 1.44. The Labute approximate surface area is 152 Å². The van der Waals surface area contributed by atoms with E-state index >= 15 is 0 Å². The summed E-state index contributed by atoms with van der Waals surface area (Å²) in [6.07, 6.45) is 1.09. The van der Waals surface area contributed by atoms with Crippen molar-refractivity contribution >= 4 is 16.9 Å². The lowest BCUT2D eigenvalue weighted by Crippen LogP contribution is -2.33. The first-order valence-electron chi connectivity index (χ1n) is 8.03. The van der Waals surface area contributed by atoms with Gasteiger partial charge in [0, 0.05) is 6.54 Å². The maximum atomic E-state index is 13.0. The minimum atomic E-state index is -1.05. The SMILES string of the molecule is CC(NCc1c(O)ccc2c(=O)c(Oc3ccc(F)cc3)coc12)C(=O)O. The number of fused-ring (bicyclic) bond motifs is 1. The molecule has 3 rings (SSSR count). The van der Waals surface area contributed by atoms with E-state index in [4.69, 9.17) is 14.3 Å². The van der Waals surface area contributed by atoms with Crippen molar-refractivity contribution in [3.63, 3.8) is 0 Å². The highest BCUT2D eigenvalue weighted by Crippen LogP contribution is 2.28. The molecule has 3 aromatic rings. The van der Waals surface area contributed by atoms with E-state index in [2.05, 4.69) is 5.32 Å². The molecule has 1 unspecified atom stereocenters. The van der Waals surface area contributed by atoms with Crippen LogP contribution in [-0.2, 0) is 11.3 Å². The number of benzene rings is 2. The van der Waals surface area contributed by atoms with Crippen LogP contribution in [0.4, 0.5) is 4.39 Å². The van der Waals surface area contributed by atoms with E-state index < -0.39 is 23.3 Å². The number of aliphatic carboxylic acids is 1. The second-order valence-electron chi connectivity index (χ2n) is 5.87. The molecule has 27 heavy (non-hydrogen) atoms. The maximum absolute atomic E-state index is 13.0. The molecule has 1 aromatic heterocycles. The Morgan fingerprint density at radius 2 is 1.96 bits per heavy atom. The summed E-state index contributed by atoms with van der Waals surface area (Å²) in [6, 6.07) is 7.00. The number of phenolic OH excluding ortho intramolecular Hbond substituents is 1. The normalized spacial score (nSPS) is 12.1. The molecule has 7 nitrogen and oxygen atoms in total. The molecule has 3 N–H and O–H groups in total. The summed E-state index contributed by atoms with van der Waals surface area (Å²) in [4.78, 5) is 23.6. The number of carboxylic acids is 1. The number of ether oxygens (including phenoxy) is 1. The first-order chi connectivity index (χ1) is 12.9. The zero-order valence-electron chi connectivity index (χ0n) is 14.2. The largest absolute Gasteiger partial charge is 0.507 e. The smallest absolute Gasteiger partial charge is 0.320 e. The third-order valence-electron chi connectivity index (χ3n) is 3.98. The van der Waals surface area contributed by atoms with E-state index in [1.54, 1.807) is 0 Å². The number of phenols is 1. The summed E-state index contributed by atoms with van der Waals surface area (Å²) in [5, 5.41) is 21.9. The van der Waals surface area contributed by atoms with Crippen LogP contribution in [0, 0.1) is 5.82 Å². The van der Waals surface area contributed by atoms with Crippen molar-refractivity contribution in [3.05, 3.63) is 64.3 Å². The average molecular weight is 373 g/mol. The molecule has 0 aliphatic heterocycles. The Balaban J connectivity index is 1.96. The van der Waals surface area contributed by atoms with Crippen LogP contribution in [0.15, 0.2) is 51.9 Å². The van der Waals surface area contributed by atoms with Gasteiger partial charge in [0.1, 0.15) is 35.2 Å². The van der Waals surface area contributed by atoms with Gasteiger partial charge in [0.05, 0.1) is 10.9 Å². The molecule has 0 radical (unpaired) electrons. The van der Waals surface area contributed by atoms with Crippen molar-refractivity contribution in [2.45, 2.75) is 19.5 Å². The standard InChI is InChI=1S/C19H16FNO6/c1-10(19(24)25)21-8-14-15(22)7-6-13-17(23)16(9-26-18(13)14)27-12-4-2-11(20)3-5-12/h2-7,9-10,21-22H,8H2,1H3,(H,24,25). The van der Waals surface area contributed by atoms with Crippen LogP contribution >= 0.6 is 0 Å². The Kier molecular flexibility index (Phi) is 5.09. The zero-order valence-corrected chi connectivity index (χ0v) is 14.2. The van der Waals surface area contributed by atoms with Crippen LogP contribution in [0.25, 0.3) is 11.0 Å². The van der Waals surface area contributed by atoms with E-state index in [1.165, 1.54) is 43.3 Å². The number of rotatable bonds is 6. The molecule has 2 aromatic carbocycles. The Bertz CT molecular complexity index is 1040. The summed E-state index contributed by atoms with van der Waals surface area (Å²) in [5.41, 5.74) is -0.101. The number of hydrogen-bond donors (Lipinski definition) is 3.